The van der Waals surface area contributed by atoms with Gasteiger partial charge in [-0.3, -0.25) is 14.7 Å². The lowest BCUT2D eigenvalue weighted by Crippen LogP contribution is -2.45. The van der Waals surface area contributed by atoms with Gasteiger partial charge in [0, 0.05) is 44.4 Å². The third-order valence-electron chi connectivity index (χ3n) is 7.03. The van der Waals surface area contributed by atoms with E-state index in [1.54, 1.807) is 42.5 Å². The van der Waals surface area contributed by atoms with Gasteiger partial charge in [0.25, 0.3) is 5.91 Å². The van der Waals surface area contributed by atoms with Crippen LogP contribution in [-0.2, 0) is 17.8 Å². The van der Waals surface area contributed by atoms with Crippen LogP contribution in [0.3, 0.4) is 0 Å². The lowest BCUT2D eigenvalue weighted by atomic mass is 10.1. The Kier molecular flexibility index (Phi) is 11.4. The largest absolute Gasteiger partial charge is 0.480 e. The molecular weight excluding hydrogens is 685 g/mol. The Morgan fingerprint density at radius 1 is 0.854 bits per heavy atom. The number of aliphatic carboxylic acids is 1. The summed E-state index contributed by atoms with van der Waals surface area (Å²) in [5.41, 5.74) is -1.38. The average Bonchev–Trinajstić information content (AvgIpc) is 3.39. The number of aromatic nitrogens is 1. The van der Waals surface area contributed by atoms with Crippen LogP contribution >= 0.6 is 35.1 Å². The molecule has 0 aliphatic rings. The molecule has 1 heterocycles. The minimum atomic E-state index is -4.32. The molecule has 0 fully saturated rings. The van der Waals surface area contributed by atoms with Crippen molar-refractivity contribution in [1.82, 2.24) is 9.88 Å². The maximum absolute atomic E-state index is 13.5. The Balaban J connectivity index is 1.20. The fourth-order valence-corrected chi connectivity index (χ4v) is 6.40. The van der Waals surface area contributed by atoms with E-state index in [1.165, 1.54) is 34.7 Å². The number of hydrogen-bond donors (Lipinski definition) is 4. The molecule has 0 saturated carbocycles. The van der Waals surface area contributed by atoms with Crippen LogP contribution in [0.5, 0.6) is 0 Å². The molecule has 4 N–H and O–H groups in total. The summed E-state index contributed by atoms with van der Waals surface area (Å²) in [5, 5.41) is 18.9. The molecule has 2 amide bonds. The summed E-state index contributed by atoms with van der Waals surface area (Å²) in [7, 11) is 0. The standard InChI is InChI=1S/C34H28ClF3N4O4S2/c35-23-8-15-29-27(18-23)28(20-42(29)31(43)30(32(44)45)39-19-22-4-2-1-3-5-22)41-33(46)40-24-9-6-21(7-10-24)16-17-47-25-11-13-26(14-12-25)48-34(36,37)38/h1-15,18,20,30,39H,16-17,19H2,(H,44,45)(H2,40,41,46). The van der Waals surface area contributed by atoms with Crippen LogP contribution in [0.15, 0.2) is 113 Å². The Hall–Kier alpha value is -4.43. The third-order valence-corrected chi connectivity index (χ3v) is 9.02. The number of benzene rings is 4. The zero-order chi connectivity index (χ0) is 34.3. The molecule has 1 unspecified atom stereocenters. The third kappa shape index (κ3) is 9.57. The number of thioether (sulfide) groups is 2. The van der Waals surface area contributed by atoms with Crippen LogP contribution in [0.1, 0.15) is 15.9 Å². The van der Waals surface area contributed by atoms with E-state index in [-0.39, 0.29) is 28.9 Å². The van der Waals surface area contributed by atoms with Gasteiger partial charge in [-0.1, -0.05) is 54.1 Å². The number of carbonyl (C=O) groups is 3. The molecule has 4 aromatic carbocycles. The van der Waals surface area contributed by atoms with Gasteiger partial charge in [-0.05, 0) is 83.9 Å². The lowest BCUT2D eigenvalue weighted by Gasteiger charge is -2.14. The molecular formula is C34H28ClF3N4O4S2. The molecule has 0 bridgehead atoms. The summed E-state index contributed by atoms with van der Waals surface area (Å²) < 4.78 is 38.8. The molecule has 0 radical (unpaired) electrons. The highest BCUT2D eigenvalue weighted by Gasteiger charge is 2.30. The summed E-state index contributed by atoms with van der Waals surface area (Å²) in [6.45, 7) is 0.154. The second-order valence-corrected chi connectivity index (χ2v) is 13.2. The topological polar surface area (TPSA) is 112 Å². The number of aryl methyl sites for hydroxylation is 1. The number of anilines is 2. The number of fused-ring (bicyclic) bond motifs is 1. The predicted molar refractivity (Wildman–Crippen MR) is 184 cm³/mol. The number of urea groups is 1. The summed E-state index contributed by atoms with van der Waals surface area (Å²) in [5.74, 6) is -1.39. The highest BCUT2D eigenvalue weighted by atomic mass is 35.5. The quantitative estimate of drug-likeness (QED) is 0.0756. The smallest absolute Gasteiger partial charge is 0.446 e. The maximum atomic E-state index is 13.5. The molecule has 48 heavy (non-hydrogen) atoms. The predicted octanol–water partition coefficient (Wildman–Crippen LogP) is 8.77. The van der Waals surface area contributed by atoms with Crippen molar-refractivity contribution in [2.75, 3.05) is 16.4 Å². The lowest BCUT2D eigenvalue weighted by molar-refractivity contribution is -0.138. The van der Waals surface area contributed by atoms with E-state index in [1.807, 2.05) is 42.5 Å². The molecule has 248 valence electrons. The molecule has 0 spiro atoms. The van der Waals surface area contributed by atoms with E-state index in [4.69, 9.17) is 11.6 Å². The fourth-order valence-electron chi connectivity index (χ4n) is 4.78. The molecule has 5 rings (SSSR count). The molecule has 5 aromatic rings. The van der Waals surface area contributed by atoms with Crippen LogP contribution in [-0.4, -0.2) is 44.9 Å². The molecule has 1 atom stereocenters. The van der Waals surface area contributed by atoms with Crippen molar-refractivity contribution in [1.29, 1.82) is 0 Å². The average molecular weight is 713 g/mol. The first-order chi connectivity index (χ1) is 22.9. The van der Waals surface area contributed by atoms with E-state index in [2.05, 4.69) is 16.0 Å². The molecule has 1 aromatic heterocycles. The number of hydrogen-bond acceptors (Lipinski definition) is 6. The number of nitrogens with one attached hydrogen (secondary N) is 3. The van der Waals surface area contributed by atoms with Gasteiger partial charge >= 0.3 is 17.5 Å². The van der Waals surface area contributed by atoms with Crippen LogP contribution < -0.4 is 16.0 Å². The number of halogens is 4. The van der Waals surface area contributed by atoms with Gasteiger partial charge < -0.3 is 15.7 Å². The zero-order valence-corrected chi connectivity index (χ0v) is 27.4. The molecule has 0 aliphatic carbocycles. The van der Waals surface area contributed by atoms with E-state index >= 15 is 0 Å². The van der Waals surface area contributed by atoms with Crippen LogP contribution in [0.2, 0.25) is 5.02 Å². The summed E-state index contributed by atoms with van der Waals surface area (Å²) in [6, 6.07) is 25.1. The first kappa shape index (κ1) is 34.9. The number of carbonyl (C=O) groups excluding carboxylic acids is 2. The van der Waals surface area contributed by atoms with Crippen molar-refractivity contribution in [3.05, 3.63) is 119 Å². The molecule has 14 heteroatoms. The zero-order valence-electron chi connectivity index (χ0n) is 25.0. The first-order valence-electron chi connectivity index (χ1n) is 14.5. The summed E-state index contributed by atoms with van der Waals surface area (Å²) in [6.07, 6.45) is 2.06. The van der Waals surface area contributed by atoms with Gasteiger partial charge in [0.05, 0.1) is 11.2 Å². The van der Waals surface area contributed by atoms with Crippen molar-refractivity contribution >= 4 is 75.3 Å². The Labute approximate surface area is 287 Å². The summed E-state index contributed by atoms with van der Waals surface area (Å²) in [4.78, 5) is 39.5. The molecule has 8 nitrogen and oxygen atoms in total. The normalized spacial score (nSPS) is 12.1. The van der Waals surface area contributed by atoms with E-state index < -0.39 is 29.5 Å². The van der Waals surface area contributed by atoms with Gasteiger partial charge in [0.1, 0.15) is 0 Å². The van der Waals surface area contributed by atoms with Crippen molar-refractivity contribution in [3.8, 4) is 0 Å². The highest BCUT2D eigenvalue weighted by Crippen LogP contribution is 2.37. The number of carboxylic acid groups (broad SMARTS) is 1. The first-order valence-corrected chi connectivity index (χ1v) is 16.6. The van der Waals surface area contributed by atoms with E-state index in [9.17, 15) is 32.7 Å². The fraction of sp³-hybridized carbons (Fsp3) is 0.147. The van der Waals surface area contributed by atoms with Gasteiger partial charge in [-0.15, -0.1) is 11.8 Å². The second kappa shape index (κ2) is 15.6. The highest BCUT2D eigenvalue weighted by molar-refractivity contribution is 8.00. The van der Waals surface area contributed by atoms with Crippen LogP contribution in [0.25, 0.3) is 10.9 Å². The molecule has 0 saturated heterocycles. The van der Waals surface area contributed by atoms with Crippen molar-refractivity contribution in [3.63, 3.8) is 0 Å². The van der Waals surface area contributed by atoms with Crippen molar-refractivity contribution in [2.45, 2.75) is 34.3 Å². The number of rotatable bonds is 12. The van der Waals surface area contributed by atoms with Gasteiger partial charge in [0.15, 0.2) is 6.04 Å². The molecule has 0 aliphatic heterocycles. The monoisotopic (exact) mass is 712 g/mol. The number of amides is 2. The number of carboxylic acids is 1. The minimum Gasteiger partial charge on any atom is -0.480 e. The minimum absolute atomic E-state index is 0.140. The van der Waals surface area contributed by atoms with Crippen molar-refractivity contribution in [2.24, 2.45) is 0 Å². The van der Waals surface area contributed by atoms with Gasteiger partial charge in [-0.2, -0.15) is 13.2 Å². The van der Waals surface area contributed by atoms with E-state index in [0.717, 1.165) is 16.0 Å². The Morgan fingerprint density at radius 3 is 2.21 bits per heavy atom. The number of alkyl halides is 3. The second-order valence-electron chi connectivity index (χ2n) is 10.4. The van der Waals surface area contributed by atoms with E-state index in [0.29, 0.717) is 33.8 Å². The SMILES string of the molecule is O=C(Nc1ccc(CCSc2ccc(SC(F)(F)F)cc2)cc1)Nc1cn(C(=O)C(NCc2ccccc2)C(=O)O)c2ccc(Cl)cc12. The summed E-state index contributed by atoms with van der Waals surface area (Å²) >= 11 is 7.60. The number of nitrogens with zero attached hydrogens (tertiary/aromatic N) is 1. The Bertz CT molecular complexity index is 1900. The maximum Gasteiger partial charge on any atom is 0.446 e. The van der Waals surface area contributed by atoms with Gasteiger partial charge in [0.2, 0.25) is 0 Å². The van der Waals surface area contributed by atoms with Crippen molar-refractivity contribution < 1.29 is 32.7 Å². The Morgan fingerprint density at radius 2 is 1.54 bits per heavy atom. The van der Waals surface area contributed by atoms with Crippen LogP contribution in [0.4, 0.5) is 29.3 Å². The van der Waals surface area contributed by atoms with Gasteiger partial charge in [-0.25, -0.2) is 9.59 Å². The van der Waals surface area contributed by atoms with Crippen LogP contribution in [0, 0.1) is 0 Å².